The number of ether oxygens (including phenoxy) is 1. The van der Waals surface area contributed by atoms with Gasteiger partial charge in [0.15, 0.2) is 0 Å². The fourth-order valence-corrected chi connectivity index (χ4v) is 5.46. The SMILES string of the molecule is C=CC[Si](C)(C)c1ccc(/C=C(\N)C(=O)OC)s1. The van der Waals surface area contributed by atoms with Crippen LogP contribution in [-0.2, 0) is 9.53 Å². The summed E-state index contributed by atoms with van der Waals surface area (Å²) in [6.07, 6.45) is 3.64. The Morgan fingerprint density at radius 1 is 1.56 bits per heavy atom. The van der Waals surface area contributed by atoms with Gasteiger partial charge in [0.25, 0.3) is 0 Å². The zero-order valence-electron chi connectivity index (χ0n) is 11.0. The first kappa shape index (κ1) is 14.7. The molecule has 98 valence electrons. The second kappa shape index (κ2) is 6.02. The van der Waals surface area contributed by atoms with Gasteiger partial charge in [-0.3, -0.25) is 0 Å². The summed E-state index contributed by atoms with van der Waals surface area (Å²) in [5, 5.41) is 0. The number of esters is 1. The lowest BCUT2D eigenvalue weighted by Crippen LogP contribution is -2.38. The zero-order chi connectivity index (χ0) is 13.8. The summed E-state index contributed by atoms with van der Waals surface area (Å²) in [5.41, 5.74) is 5.76. The molecule has 0 bridgehead atoms. The Morgan fingerprint density at radius 3 is 2.78 bits per heavy atom. The predicted molar refractivity (Wildman–Crippen MR) is 80.6 cm³/mol. The van der Waals surface area contributed by atoms with Crippen LogP contribution in [0.15, 0.2) is 30.5 Å². The maximum atomic E-state index is 11.2. The fraction of sp³-hybridized carbons (Fsp3) is 0.308. The predicted octanol–water partition coefficient (Wildman–Crippen LogP) is 2.32. The van der Waals surface area contributed by atoms with Gasteiger partial charge < -0.3 is 10.5 Å². The first-order valence-electron chi connectivity index (χ1n) is 5.67. The molecular weight excluding hydrogens is 262 g/mol. The van der Waals surface area contributed by atoms with Crippen molar-refractivity contribution in [1.29, 1.82) is 0 Å². The molecule has 0 aromatic carbocycles. The van der Waals surface area contributed by atoms with Crippen molar-refractivity contribution in [3.05, 3.63) is 35.4 Å². The standard InChI is InChI=1S/C13H19NO2SSi/c1-5-8-18(3,4)12-7-6-10(17-12)9-11(14)13(15)16-2/h5-7,9H,1,8,14H2,2-4H3/b11-9-. The van der Waals surface area contributed by atoms with Crippen LogP contribution in [0.4, 0.5) is 0 Å². The summed E-state index contributed by atoms with van der Waals surface area (Å²) >= 11 is 1.69. The van der Waals surface area contributed by atoms with Crippen molar-refractivity contribution < 1.29 is 9.53 Å². The van der Waals surface area contributed by atoms with Gasteiger partial charge in [-0.05, 0) is 22.7 Å². The van der Waals surface area contributed by atoms with Crippen LogP contribution >= 0.6 is 11.3 Å². The lowest BCUT2D eigenvalue weighted by atomic mass is 10.3. The molecule has 2 N–H and O–H groups in total. The van der Waals surface area contributed by atoms with Gasteiger partial charge in [0.2, 0.25) is 0 Å². The molecule has 1 aromatic rings. The molecule has 0 saturated heterocycles. The van der Waals surface area contributed by atoms with Gasteiger partial charge in [0.05, 0.1) is 15.2 Å². The number of carbonyl (C=O) groups is 1. The largest absolute Gasteiger partial charge is 0.464 e. The van der Waals surface area contributed by atoms with Crippen molar-refractivity contribution in [2.45, 2.75) is 19.1 Å². The summed E-state index contributed by atoms with van der Waals surface area (Å²) in [6, 6.07) is 5.16. The number of nitrogens with two attached hydrogens (primary N) is 1. The van der Waals surface area contributed by atoms with E-state index in [2.05, 4.69) is 30.5 Å². The summed E-state index contributed by atoms with van der Waals surface area (Å²) in [6.45, 7) is 8.41. The highest BCUT2D eigenvalue weighted by Crippen LogP contribution is 2.18. The van der Waals surface area contributed by atoms with Crippen LogP contribution in [0, 0.1) is 0 Å². The van der Waals surface area contributed by atoms with Crippen LogP contribution in [0.3, 0.4) is 0 Å². The normalized spacial score (nSPS) is 12.3. The molecule has 1 heterocycles. The molecule has 1 rings (SSSR count). The molecular formula is C13H19NO2SSi. The number of methoxy groups -OCH3 is 1. The molecule has 0 atom stereocenters. The molecule has 0 amide bonds. The highest BCUT2D eigenvalue weighted by Gasteiger charge is 2.23. The summed E-state index contributed by atoms with van der Waals surface area (Å²) < 4.78 is 5.95. The van der Waals surface area contributed by atoms with Gasteiger partial charge in [-0.2, -0.15) is 0 Å². The van der Waals surface area contributed by atoms with E-state index in [-0.39, 0.29) is 5.70 Å². The van der Waals surface area contributed by atoms with Gasteiger partial charge in [-0.15, -0.1) is 17.9 Å². The van der Waals surface area contributed by atoms with Crippen molar-refractivity contribution in [3.63, 3.8) is 0 Å². The van der Waals surface area contributed by atoms with Crippen molar-refractivity contribution >= 4 is 36.0 Å². The molecule has 0 spiro atoms. The molecule has 0 fully saturated rings. The van der Waals surface area contributed by atoms with E-state index < -0.39 is 14.0 Å². The van der Waals surface area contributed by atoms with E-state index in [0.717, 1.165) is 10.9 Å². The molecule has 0 radical (unpaired) electrons. The summed E-state index contributed by atoms with van der Waals surface area (Å²) in [5.74, 6) is -0.493. The van der Waals surface area contributed by atoms with E-state index in [9.17, 15) is 4.79 Å². The lowest BCUT2D eigenvalue weighted by Gasteiger charge is -2.17. The van der Waals surface area contributed by atoms with E-state index in [4.69, 9.17) is 5.73 Å². The lowest BCUT2D eigenvalue weighted by molar-refractivity contribution is -0.136. The van der Waals surface area contributed by atoms with Crippen LogP contribution in [0.1, 0.15) is 4.88 Å². The smallest absolute Gasteiger partial charge is 0.353 e. The number of hydrogen-bond acceptors (Lipinski definition) is 4. The fourth-order valence-electron chi connectivity index (χ4n) is 1.59. The number of carbonyl (C=O) groups excluding carboxylic acids is 1. The Hall–Kier alpha value is -1.33. The number of hydrogen-bond donors (Lipinski definition) is 1. The molecule has 0 aliphatic carbocycles. The maximum Gasteiger partial charge on any atom is 0.353 e. The molecule has 3 nitrogen and oxygen atoms in total. The summed E-state index contributed by atoms with van der Waals surface area (Å²) in [7, 11) is -0.108. The highest BCUT2D eigenvalue weighted by atomic mass is 32.1. The monoisotopic (exact) mass is 281 g/mol. The Balaban J connectivity index is 2.94. The van der Waals surface area contributed by atoms with E-state index in [1.165, 1.54) is 11.6 Å². The molecule has 5 heteroatoms. The third-order valence-electron chi connectivity index (χ3n) is 2.67. The molecule has 0 aliphatic heterocycles. The quantitative estimate of drug-likeness (QED) is 0.390. The number of allylic oxidation sites excluding steroid dienone is 1. The first-order chi connectivity index (χ1) is 8.40. The minimum Gasteiger partial charge on any atom is -0.464 e. The Bertz CT molecular complexity index is 477. The third-order valence-corrected chi connectivity index (χ3v) is 8.29. The molecule has 1 aromatic heterocycles. The molecule has 0 aliphatic rings. The maximum absolute atomic E-state index is 11.2. The molecule has 18 heavy (non-hydrogen) atoms. The first-order valence-corrected chi connectivity index (χ1v) is 9.70. The Labute approximate surface area is 113 Å². The van der Waals surface area contributed by atoms with Gasteiger partial charge in [0, 0.05) is 4.88 Å². The van der Waals surface area contributed by atoms with Crippen molar-refractivity contribution in [1.82, 2.24) is 0 Å². The number of thiophene rings is 1. The zero-order valence-corrected chi connectivity index (χ0v) is 12.8. The second-order valence-corrected chi connectivity index (χ2v) is 10.9. The van der Waals surface area contributed by atoms with E-state index in [1.807, 2.05) is 12.1 Å². The Kier molecular flexibility index (Phi) is 4.92. The minimum atomic E-state index is -1.43. The van der Waals surface area contributed by atoms with Gasteiger partial charge in [0.1, 0.15) is 5.70 Å². The van der Waals surface area contributed by atoms with Gasteiger partial charge in [-0.1, -0.05) is 25.2 Å². The van der Waals surface area contributed by atoms with Crippen LogP contribution < -0.4 is 10.2 Å². The highest BCUT2D eigenvalue weighted by molar-refractivity contribution is 7.27. The Morgan fingerprint density at radius 2 is 2.22 bits per heavy atom. The average Bonchev–Trinajstić information content (AvgIpc) is 2.77. The van der Waals surface area contributed by atoms with Crippen molar-refractivity contribution in [2.75, 3.05) is 7.11 Å². The minimum absolute atomic E-state index is 0.133. The van der Waals surface area contributed by atoms with Crippen LogP contribution in [0.25, 0.3) is 6.08 Å². The van der Waals surface area contributed by atoms with Crippen LogP contribution in [-0.4, -0.2) is 21.2 Å². The second-order valence-electron chi connectivity index (χ2n) is 4.67. The van der Waals surface area contributed by atoms with Gasteiger partial charge in [-0.25, -0.2) is 4.79 Å². The van der Waals surface area contributed by atoms with Crippen LogP contribution in [0.2, 0.25) is 19.1 Å². The molecule has 0 unspecified atom stereocenters. The third kappa shape index (κ3) is 3.58. The van der Waals surface area contributed by atoms with E-state index in [0.29, 0.717) is 0 Å². The number of rotatable bonds is 5. The molecule has 0 saturated carbocycles. The van der Waals surface area contributed by atoms with E-state index in [1.54, 1.807) is 17.4 Å². The van der Waals surface area contributed by atoms with E-state index >= 15 is 0 Å². The van der Waals surface area contributed by atoms with Crippen LogP contribution in [0.5, 0.6) is 0 Å². The van der Waals surface area contributed by atoms with Gasteiger partial charge >= 0.3 is 5.97 Å². The summed E-state index contributed by atoms with van der Waals surface area (Å²) in [4.78, 5) is 12.2. The average molecular weight is 281 g/mol. The van der Waals surface area contributed by atoms with Crippen molar-refractivity contribution in [3.8, 4) is 0 Å². The topological polar surface area (TPSA) is 52.3 Å². The van der Waals surface area contributed by atoms with Crippen molar-refractivity contribution in [2.24, 2.45) is 5.73 Å².